The van der Waals surface area contributed by atoms with Crippen molar-refractivity contribution in [3.8, 4) is 5.88 Å². The lowest BCUT2D eigenvalue weighted by atomic mass is 9.96. The Morgan fingerprint density at radius 1 is 1.57 bits per heavy atom. The molecule has 0 aromatic carbocycles. The molecule has 0 aliphatic heterocycles. The molecule has 1 fully saturated rings. The van der Waals surface area contributed by atoms with Gasteiger partial charge in [-0.15, -0.1) is 0 Å². The first-order chi connectivity index (χ1) is 6.72. The molecular formula is C10H17N3O. The fourth-order valence-electron chi connectivity index (χ4n) is 1.71. The summed E-state index contributed by atoms with van der Waals surface area (Å²) in [7, 11) is 1.90. The molecule has 2 N–H and O–H groups in total. The summed E-state index contributed by atoms with van der Waals surface area (Å²) >= 11 is 0. The summed E-state index contributed by atoms with van der Waals surface area (Å²) < 4.78 is 7.63. The number of aryl methyl sites for hydroxylation is 2. The van der Waals surface area contributed by atoms with Crippen molar-refractivity contribution in [2.45, 2.75) is 38.8 Å². The number of ether oxygens (including phenoxy) is 1. The molecule has 78 valence electrons. The van der Waals surface area contributed by atoms with Crippen LogP contribution < -0.4 is 10.5 Å². The van der Waals surface area contributed by atoms with Gasteiger partial charge in [-0.05, 0) is 26.2 Å². The average Bonchev–Trinajstić information content (AvgIpc) is 2.33. The third-order valence-corrected chi connectivity index (χ3v) is 2.82. The predicted molar refractivity (Wildman–Crippen MR) is 54.1 cm³/mol. The molecule has 2 rings (SSSR count). The van der Waals surface area contributed by atoms with E-state index in [1.165, 1.54) is 6.42 Å². The van der Waals surface area contributed by atoms with Crippen molar-refractivity contribution in [2.24, 2.45) is 12.8 Å². The lowest BCUT2D eigenvalue weighted by molar-refractivity contribution is 0.108. The standard InChI is InChI=1S/C10H17N3O/c1-7-9(6-11)10(13(2)12-7)14-8-4-3-5-8/h8H,3-6,11H2,1-2H3. The van der Waals surface area contributed by atoms with Crippen LogP contribution in [0.1, 0.15) is 30.5 Å². The third-order valence-electron chi connectivity index (χ3n) is 2.82. The van der Waals surface area contributed by atoms with Gasteiger partial charge in [0.15, 0.2) is 0 Å². The van der Waals surface area contributed by atoms with Crippen molar-refractivity contribution >= 4 is 0 Å². The zero-order chi connectivity index (χ0) is 10.1. The Kier molecular flexibility index (Phi) is 2.46. The minimum atomic E-state index is 0.384. The average molecular weight is 195 g/mol. The van der Waals surface area contributed by atoms with E-state index in [2.05, 4.69) is 5.10 Å². The number of nitrogens with two attached hydrogens (primary N) is 1. The second-order valence-corrected chi connectivity index (χ2v) is 3.87. The normalized spacial score (nSPS) is 16.8. The van der Waals surface area contributed by atoms with E-state index in [1.54, 1.807) is 4.68 Å². The Balaban J connectivity index is 2.20. The zero-order valence-corrected chi connectivity index (χ0v) is 8.79. The van der Waals surface area contributed by atoms with Gasteiger partial charge < -0.3 is 10.5 Å². The first kappa shape index (κ1) is 9.52. The van der Waals surface area contributed by atoms with Gasteiger partial charge in [-0.25, -0.2) is 4.68 Å². The number of hydrogen-bond donors (Lipinski definition) is 1. The lowest BCUT2D eigenvalue weighted by Crippen LogP contribution is -2.26. The second kappa shape index (κ2) is 3.61. The van der Waals surface area contributed by atoms with Crippen LogP contribution in [0.2, 0.25) is 0 Å². The highest BCUT2D eigenvalue weighted by atomic mass is 16.5. The minimum Gasteiger partial charge on any atom is -0.474 e. The van der Waals surface area contributed by atoms with Gasteiger partial charge in [0.25, 0.3) is 0 Å². The highest BCUT2D eigenvalue weighted by Crippen LogP contribution is 2.28. The van der Waals surface area contributed by atoms with Crippen LogP contribution in [0, 0.1) is 6.92 Å². The fraction of sp³-hybridized carbons (Fsp3) is 0.700. The first-order valence-electron chi connectivity index (χ1n) is 5.11. The summed E-state index contributed by atoms with van der Waals surface area (Å²) in [4.78, 5) is 0. The van der Waals surface area contributed by atoms with Gasteiger partial charge in [-0.3, -0.25) is 0 Å². The van der Waals surface area contributed by atoms with E-state index < -0.39 is 0 Å². The summed E-state index contributed by atoms with van der Waals surface area (Å²) in [6.45, 7) is 2.47. The van der Waals surface area contributed by atoms with Crippen LogP contribution in [0.25, 0.3) is 0 Å². The van der Waals surface area contributed by atoms with E-state index in [-0.39, 0.29) is 0 Å². The van der Waals surface area contributed by atoms with Gasteiger partial charge in [-0.1, -0.05) is 0 Å². The van der Waals surface area contributed by atoms with Crippen molar-refractivity contribution in [1.29, 1.82) is 0 Å². The number of aromatic nitrogens is 2. The van der Waals surface area contributed by atoms with E-state index in [0.29, 0.717) is 12.6 Å². The van der Waals surface area contributed by atoms with Crippen LogP contribution in [0.3, 0.4) is 0 Å². The van der Waals surface area contributed by atoms with Crippen molar-refractivity contribution in [1.82, 2.24) is 9.78 Å². The van der Waals surface area contributed by atoms with Gasteiger partial charge in [0.2, 0.25) is 5.88 Å². The quantitative estimate of drug-likeness (QED) is 0.786. The van der Waals surface area contributed by atoms with Gasteiger partial charge in [0.05, 0.1) is 11.3 Å². The Labute approximate surface area is 84.0 Å². The van der Waals surface area contributed by atoms with Gasteiger partial charge in [0.1, 0.15) is 6.10 Å². The molecule has 4 nitrogen and oxygen atoms in total. The van der Waals surface area contributed by atoms with E-state index in [0.717, 1.165) is 30.0 Å². The molecule has 0 amide bonds. The molecule has 0 bridgehead atoms. The summed E-state index contributed by atoms with van der Waals surface area (Å²) in [5.74, 6) is 0.856. The van der Waals surface area contributed by atoms with E-state index in [9.17, 15) is 0 Å². The van der Waals surface area contributed by atoms with Crippen molar-refractivity contribution < 1.29 is 4.74 Å². The monoisotopic (exact) mass is 195 g/mol. The van der Waals surface area contributed by atoms with Crippen LogP contribution in [-0.2, 0) is 13.6 Å². The molecule has 1 aromatic rings. The van der Waals surface area contributed by atoms with Crippen LogP contribution in [0.4, 0.5) is 0 Å². The SMILES string of the molecule is Cc1nn(C)c(OC2CCC2)c1CN. The van der Waals surface area contributed by atoms with E-state index >= 15 is 0 Å². The van der Waals surface area contributed by atoms with Crippen LogP contribution >= 0.6 is 0 Å². The summed E-state index contributed by atoms with van der Waals surface area (Å²) in [6, 6.07) is 0. The maximum atomic E-state index is 5.84. The molecule has 0 unspecified atom stereocenters. The molecule has 1 aromatic heterocycles. The Bertz CT molecular complexity index is 328. The highest BCUT2D eigenvalue weighted by molar-refractivity contribution is 5.30. The van der Waals surface area contributed by atoms with Gasteiger partial charge in [0, 0.05) is 13.6 Å². The molecule has 1 aliphatic rings. The second-order valence-electron chi connectivity index (χ2n) is 3.87. The fourth-order valence-corrected chi connectivity index (χ4v) is 1.71. The van der Waals surface area contributed by atoms with Crippen molar-refractivity contribution in [2.75, 3.05) is 0 Å². The Morgan fingerprint density at radius 2 is 2.29 bits per heavy atom. The number of rotatable bonds is 3. The topological polar surface area (TPSA) is 53.1 Å². The third kappa shape index (κ3) is 1.50. The van der Waals surface area contributed by atoms with E-state index in [4.69, 9.17) is 10.5 Å². The number of nitrogens with zero attached hydrogens (tertiary/aromatic N) is 2. The summed E-state index contributed by atoms with van der Waals surface area (Å²) in [5, 5.41) is 4.30. The molecule has 0 atom stereocenters. The maximum absolute atomic E-state index is 5.84. The van der Waals surface area contributed by atoms with E-state index in [1.807, 2.05) is 14.0 Å². The highest BCUT2D eigenvalue weighted by Gasteiger charge is 2.23. The van der Waals surface area contributed by atoms with Gasteiger partial charge >= 0.3 is 0 Å². The molecule has 1 saturated carbocycles. The molecule has 0 spiro atoms. The largest absolute Gasteiger partial charge is 0.474 e. The molecule has 1 heterocycles. The minimum absolute atomic E-state index is 0.384. The maximum Gasteiger partial charge on any atom is 0.216 e. The van der Waals surface area contributed by atoms with Crippen LogP contribution in [0.5, 0.6) is 5.88 Å². The predicted octanol–water partition coefficient (Wildman–Crippen LogP) is 1.12. The van der Waals surface area contributed by atoms with Crippen LogP contribution in [-0.4, -0.2) is 15.9 Å². The van der Waals surface area contributed by atoms with Gasteiger partial charge in [-0.2, -0.15) is 5.10 Å². The molecule has 0 saturated heterocycles. The number of hydrogen-bond acceptors (Lipinski definition) is 3. The smallest absolute Gasteiger partial charge is 0.216 e. The zero-order valence-electron chi connectivity index (χ0n) is 8.79. The van der Waals surface area contributed by atoms with Crippen LogP contribution in [0.15, 0.2) is 0 Å². The summed E-state index contributed by atoms with van der Waals surface area (Å²) in [6.07, 6.45) is 3.98. The Hall–Kier alpha value is -1.03. The Morgan fingerprint density at radius 3 is 2.79 bits per heavy atom. The molecule has 1 aliphatic carbocycles. The first-order valence-corrected chi connectivity index (χ1v) is 5.11. The molecular weight excluding hydrogens is 178 g/mol. The molecule has 14 heavy (non-hydrogen) atoms. The summed E-state index contributed by atoms with van der Waals surface area (Å²) in [5.41, 5.74) is 7.68. The molecule has 4 heteroatoms. The lowest BCUT2D eigenvalue weighted by Gasteiger charge is -2.26. The molecule has 0 radical (unpaired) electrons. The van der Waals surface area contributed by atoms with Crippen molar-refractivity contribution in [3.05, 3.63) is 11.3 Å². The van der Waals surface area contributed by atoms with Crippen molar-refractivity contribution in [3.63, 3.8) is 0 Å².